The summed E-state index contributed by atoms with van der Waals surface area (Å²) in [4.78, 5) is 12.2. The number of methoxy groups -OCH3 is 1. The van der Waals surface area contributed by atoms with Gasteiger partial charge in [-0.3, -0.25) is 4.79 Å². The van der Waals surface area contributed by atoms with Crippen molar-refractivity contribution in [2.45, 2.75) is 31.2 Å². The number of hydrogen-bond donors (Lipinski definition) is 1. The maximum Gasteiger partial charge on any atom is 0.315 e. The number of ether oxygens (including phenoxy) is 1. The van der Waals surface area contributed by atoms with E-state index in [0.29, 0.717) is 11.8 Å². The highest BCUT2D eigenvalue weighted by molar-refractivity contribution is 8.00. The average Bonchev–Trinajstić information content (AvgIpc) is 2.42. The second-order valence-electron chi connectivity index (χ2n) is 4.11. The van der Waals surface area contributed by atoms with Gasteiger partial charge in [0.05, 0.1) is 12.9 Å². The molecule has 1 unspecified atom stereocenters. The van der Waals surface area contributed by atoms with Crippen LogP contribution in [0.2, 0.25) is 0 Å². The molecule has 4 heteroatoms. The van der Waals surface area contributed by atoms with Crippen LogP contribution in [0.5, 0.6) is 0 Å². The van der Waals surface area contributed by atoms with E-state index in [2.05, 4.69) is 36.0 Å². The van der Waals surface area contributed by atoms with Crippen LogP contribution in [0.4, 0.5) is 0 Å². The van der Waals surface area contributed by atoms with E-state index in [4.69, 9.17) is 0 Å². The molecule has 100 valence electrons. The fourth-order valence-corrected chi connectivity index (χ4v) is 2.35. The van der Waals surface area contributed by atoms with Gasteiger partial charge in [-0.2, -0.15) is 0 Å². The second kappa shape index (κ2) is 8.16. The maximum absolute atomic E-state index is 11.1. The molecule has 0 aliphatic carbocycles. The number of rotatable bonds is 7. The minimum Gasteiger partial charge on any atom is -0.468 e. The van der Waals surface area contributed by atoms with E-state index >= 15 is 0 Å². The van der Waals surface area contributed by atoms with Gasteiger partial charge in [0.2, 0.25) is 0 Å². The molecule has 1 atom stereocenters. The van der Waals surface area contributed by atoms with Crippen molar-refractivity contribution in [2.75, 3.05) is 19.4 Å². The molecule has 0 fully saturated rings. The van der Waals surface area contributed by atoms with Gasteiger partial charge >= 0.3 is 5.97 Å². The van der Waals surface area contributed by atoms with Crippen LogP contribution < -0.4 is 5.32 Å². The summed E-state index contributed by atoms with van der Waals surface area (Å²) in [7, 11) is 1.41. The Bertz CT molecular complexity index is 382. The van der Waals surface area contributed by atoms with Crippen LogP contribution in [-0.2, 0) is 9.53 Å². The quantitative estimate of drug-likeness (QED) is 0.609. The van der Waals surface area contributed by atoms with Crippen molar-refractivity contribution in [1.82, 2.24) is 5.32 Å². The molecule has 0 bridgehead atoms. The zero-order chi connectivity index (χ0) is 13.4. The first-order chi connectivity index (χ1) is 8.67. The molecule has 0 spiro atoms. The molecular weight excluding hydrogens is 246 g/mol. The number of benzene rings is 1. The van der Waals surface area contributed by atoms with Crippen molar-refractivity contribution >= 4 is 17.7 Å². The van der Waals surface area contributed by atoms with Crippen LogP contribution in [0.3, 0.4) is 0 Å². The van der Waals surface area contributed by atoms with Gasteiger partial charge in [0, 0.05) is 10.9 Å². The van der Waals surface area contributed by atoms with Gasteiger partial charge in [0.25, 0.3) is 0 Å². The van der Waals surface area contributed by atoms with Crippen LogP contribution in [0.25, 0.3) is 0 Å². The number of esters is 1. The fourth-order valence-electron chi connectivity index (χ4n) is 1.55. The van der Waals surface area contributed by atoms with Crippen LogP contribution in [0.15, 0.2) is 29.2 Å². The summed E-state index contributed by atoms with van der Waals surface area (Å²) < 4.78 is 4.63. The highest BCUT2D eigenvalue weighted by Gasteiger charge is 2.06. The maximum atomic E-state index is 11.1. The number of carbonyl (C=O) groups is 1. The molecule has 0 saturated heterocycles. The average molecular weight is 267 g/mol. The lowest BCUT2D eigenvalue weighted by Gasteiger charge is -2.14. The topological polar surface area (TPSA) is 38.3 Å². The summed E-state index contributed by atoms with van der Waals surface area (Å²) in [5.41, 5.74) is 1.25. The number of nitrogens with one attached hydrogen (secondary N) is 1. The van der Waals surface area contributed by atoms with Gasteiger partial charge in [0.15, 0.2) is 0 Å². The summed E-state index contributed by atoms with van der Waals surface area (Å²) in [6.07, 6.45) is 1.13. The molecule has 1 aromatic rings. The Morgan fingerprint density at radius 1 is 1.50 bits per heavy atom. The summed E-state index contributed by atoms with van der Waals surface area (Å²) in [5.74, 6) is 0.166. The van der Waals surface area contributed by atoms with E-state index in [1.807, 2.05) is 12.1 Å². The summed E-state index contributed by atoms with van der Waals surface area (Å²) in [5, 5.41) is 3.45. The van der Waals surface area contributed by atoms with Crippen molar-refractivity contribution in [3.63, 3.8) is 0 Å². The first-order valence-electron chi connectivity index (χ1n) is 6.20. The number of hydrogen-bond acceptors (Lipinski definition) is 4. The Morgan fingerprint density at radius 3 is 2.94 bits per heavy atom. The highest BCUT2D eigenvalue weighted by Crippen LogP contribution is 2.22. The van der Waals surface area contributed by atoms with E-state index in [1.54, 1.807) is 0 Å². The molecule has 0 radical (unpaired) electrons. The molecule has 0 aliphatic rings. The molecule has 3 nitrogen and oxygen atoms in total. The van der Waals surface area contributed by atoms with Gasteiger partial charge in [-0.25, -0.2) is 0 Å². The third-order valence-electron chi connectivity index (χ3n) is 2.64. The third-order valence-corrected chi connectivity index (χ3v) is 3.61. The van der Waals surface area contributed by atoms with Gasteiger partial charge in [-0.1, -0.05) is 19.1 Å². The molecule has 1 rings (SSSR count). The van der Waals surface area contributed by atoms with Crippen molar-refractivity contribution in [2.24, 2.45) is 0 Å². The van der Waals surface area contributed by atoms with Gasteiger partial charge < -0.3 is 10.1 Å². The summed E-state index contributed by atoms with van der Waals surface area (Å²) in [6.45, 7) is 5.32. The van der Waals surface area contributed by atoms with Crippen molar-refractivity contribution in [1.29, 1.82) is 0 Å². The molecule has 18 heavy (non-hydrogen) atoms. The van der Waals surface area contributed by atoms with E-state index < -0.39 is 0 Å². The Morgan fingerprint density at radius 2 is 2.28 bits per heavy atom. The largest absolute Gasteiger partial charge is 0.468 e. The first kappa shape index (κ1) is 15.1. The Labute approximate surface area is 113 Å². The normalized spacial score (nSPS) is 12.2. The van der Waals surface area contributed by atoms with Gasteiger partial charge in [-0.05, 0) is 37.6 Å². The smallest absolute Gasteiger partial charge is 0.315 e. The fraction of sp³-hybridized carbons (Fsp3) is 0.500. The summed E-state index contributed by atoms with van der Waals surface area (Å²) in [6, 6.07) is 8.61. The zero-order valence-electron chi connectivity index (χ0n) is 11.2. The van der Waals surface area contributed by atoms with Gasteiger partial charge in [0.1, 0.15) is 0 Å². The van der Waals surface area contributed by atoms with E-state index in [-0.39, 0.29) is 5.97 Å². The molecule has 1 N–H and O–H groups in total. The zero-order valence-corrected chi connectivity index (χ0v) is 12.0. The summed E-state index contributed by atoms with van der Waals surface area (Å²) >= 11 is 1.51. The van der Waals surface area contributed by atoms with Gasteiger partial charge in [-0.15, -0.1) is 11.8 Å². The van der Waals surface area contributed by atoms with E-state index in [1.165, 1.54) is 24.4 Å². The van der Waals surface area contributed by atoms with Crippen molar-refractivity contribution in [3.05, 3.63) is 29.8 Å². The SMILES string of the molecule is CCCNC(C)c1cccc(SCC(=O)OC)c1. The molecule has 0 amide bonds. The predicted molar refractivity (Wildman–Crippen MR) is 75.9 cm³/mol. The Hall–Kier alpha value is -1.00. The predicted octanol–water partition coefficient (Wildman–Crippen LogP) is 3.01. The van der Waals surface area contributed by atoms with E-state index in [0.717, 1.165) is 17.9 Å². The number of carbonyl (C=O) groups excluding carboxylic acids is 1. The molecule has 0 aliphatic heterocycles. The second-order valence-corrected chi connectivity index (χ2v) is 5.16. The van der Waals surface area contributed by atoms with Crippen molar-refractivity contribution in [3.8, 4) is 0 Å². The van der Waals surface area contributed by atoms with Crippen LogP contribution >= 0.6 is 11.8 Å². The van der Waals surface area contributed by atoms with Crippen LogP contribution in [-0.4, -0.2) is 25.4 Å². The Kier molecular flexibility index (Phi) is 6.83. The standard InChI is InChI=1S/C14H21NO2S/c1-4-8-15-11(2)12-6-5-7-13(9-12)18-10-14(16)17-3/h5-7,9,11,15H,4,8,10H2,1-3H3. The highest BCUT2D eigenvalue weighted by atomic mass is 32.2. The van der Waals surface area contributed by atoms with Crippen LogP contribution in [0.1, 0.15) is 31.9 Å². The first-order valence-corrected chi connectivity index (χ1v) is 7.19. The monoisotopic (exact) mass is 267 g/mol. The number of thioether (sulfide) groups is 1. The third kappa shape index (κ3) is 5.10. The minimum atomic E-state index is -0.192. The molecular formula is C14H21NO2S. The molecule has 0 saturated carbocycles. The Balaban J connectivity index is 2.58. The molecule has 1 aromatic carbocycles. The molecule has 0 aromatic heterocycles. The lowest BCUT2D eigenvalue weighted by Crippen LogP contribution is -2.19. The lowest BCUT2D eigenvalue weighted by molar-refractivity contribution is -0.137. The van der Waals surface area contributed by atoms with E-state index in [9.17, 15) is 4.79 Å². The minimum absolute atomic E-state index is 0.192. The molecule has 0 heterocycles. The lowest BCUT2D eigenvalue weighted by atomic mass is 10.1. The van der Waals surface area contributed by atoms with Crippen molar-refractivity contribution < 1.29 is 9.53 Å². The van der Waals surface area contributed by atoms with Crippen LogP contribution in [0, 0.1) is 0 Å².